The molecule has 10 rings (SSSR count). The number of allylic oxidation sites excluding steroid dienone is 1. The monoisotopic (exact) mass is 590 g/mol. The first-order valence-corrected chi connectivity index (χ1v) is 16.3. The summed E-state index contributed by atoms with van der Waals surface area (Å²) in [4.78, 5) is 0. The highest BCUT2D eigenvalue weighted by Crippen LogP contribution is 2.40. The Bertz CT molecular complexity index is 2430. The van der Waals surface area contributed by atoms with Gasteiger partial charge in [0.25, 0.3) is 0 Å². The molecular weight excluding hydrogens is 556 g/mol. The molecule has 0 spiro atoms. The maximum atomic E-state index is 3.48. The van der Waals surface area contributed by atoms with Crippen molar-refractivity contribution in [3.8, 4) is 16.8 Å². The molecule has 1 N–H and O–H groups in total. The van der Waals surface area contributed by atoms with E-state index in [-0.39, 0.29) is 0 Å². The van der Waals surface area contributed by atoms with Crippen LogP contribution in [0.25, 0.3) is 66.1 Å². The number of nitrogens with zero attached hydrogens (tertiary/aromatic N) is 1. The average Bonchev–Trinajstić information content (AvgIpc) is 3.43. The number of anilines is 1. The van der Waals surface area contributed by atoms with Crippen LogP contribution in [0, 0.1) is 6.92 Å². The zero-order valence-electron chi connectivity index (χ0n) is 25.9. The van der Waals surface area contributed by atoms with Gasteiger partial charge in [0, 0.05) is 29.0 Å². The molecule has 1 aromatic heterocycles. The first-order chi connectivity index (χ1) is 22.7. The summed E-state index contributed by atoms with van der Waals surface area (Å²) in [5.41, 5.74) is 11.9. The molecule has 1 aliphatic heterocycles. The number of aromatic nitrogens is 1. The van der Waals surface area contributed by atoms with E-state index in [1.165, 1.54) is 88.1 Å². The standard InChI is InChI=1S/C37H26N2.C7H8/c1-2-9-29-27(7-1)28-8-3-4-10-30(28)33-19-24(15-18-31(29)33)23-13-16-26(17-14-23)39-36-12-6-5-11-32(36)34-20-25-22-38-35(25)21-37(34)39;1-7-5-3-2-4-6-7/h1-4,6-10,12-21,38H,5,11,22H2;2-6H,1H3. The zero-order chi connectivity index (χ0) is 30.6. The van der Waals surface area contributed by atoms with Gasteiger partial charge in [0.1, 0.15) is 0 Å². The molecule has 0 saturated carbocycles. The van der Waals surface area contributed by atoms with Crippen LogP contribution in [0.15, 0.2) is 140 Å². The SMILES string of the molecule is C1=Cc2c(c3cc4c(cc3n2-c2ccc(-c3ccc5c6ccccc6c6ccccc6c5c3)cc2)NC4)CC1.Cc1ccccc1. The van der Waals surface area contributed by atoms with Gasteiger partial charge in [-0.3, -0.25) is 0 Å². The van der Waals surface area contributed by atoms with Gasteiger partial charge in [-0.1, -0.05) is 115 Å². The number of nitrogens with one attached hydrogen (secondary N) is 1. The minimum Gasteiger partial charge on any atom is -0.381 e. The Kier molecular flexibility index (Phi) is 6.28. The van der Waals surface area contributed by atoms with Gasteiger partial charge in [0.15, 0.2) is 0 Å². The Labute approximate surface area is 269 Å². The molecule has 0 amide bonds. The zero-order valence-corrected chi connectivity index (χ0v) is 25.9. The van der Waals surface area contributed by atoms with Gasteiger partial charge in [0.05, 0.1) is 5.52 Å². The summed E-state index contributed by atoms with van der Waals surface area (Å²) in [5, 5.41) is 12.8. The Morgan fingerprint density at radius 1 is 0.565 bits per heavy atom. The highest BCUT2D eigenvalue weighted by molar-refractivity contribution is 6.25. The van der Waals surface area contributed by atoms with Crippen LogP contribution in [0.5, 0.6) is 0 Å². The van der Waals surface area contributed by atoms with E-state index in [2.05, 4.69) is 144 Å². The smallest absolute Gasteiger partial charge is 0.0558 e. The second kappa shape index (κ2) is 10.8. The fourth-order valence-corrected chi connectivity index (χ4v) is 7.42. The lowest BCUT2D eigenvalue weighted by molar-refractivity contribution is 0.967. The number of aryl methyl sites for hydroxylation is 2. The molecule has 0 saturated heterocycles. The quantitative estimate of drug-likeness (QED) is 0.198. The molecule has 2 nitrogen and oxygen atoms in total. The highest BCUT2D eigenvalue weighted by Gasteiger charge is 2.22. The van der Waals surface area contributed by atoms with Crippen molar-refractivity contribution in [3.05, 3.63) is 162 Å². The third-order valence-corrected chi connectivity index (χ3v) is 9.79. The number of hydrogen-bond donors (Lipinski definition) is 1. The topological polar surface area (TPSA) is 17.0 Å². The van der Waals surface area contributed by atoms with Crippen LogP contribution in [-0.2, 0) is 13.0 Å². The van der Waals surface area contributed by atoms with E-state index in [0.29, 0.717) is 0 Å². The predicted molar refractivity (Wildman–Crippen MR) is 197 cm³/mol. The molecular formula is C44H34N2. The van der Waals surface area contributed by atoms with Gasteiger partial charge in [-0.15, -0.1) is 0 Å². The second-order valence-electron chi connectivity index (χ2n) is 12.6. The predicted octanol–water partition coefficient (Wildman–Crippen LogP) is 11.6. The van der Waals surface area contributed by atoms with Crippen LogP contribution in [-0.4, -0.2) is 4.57 Å². The van der Waals surface area contributed by atoms with E-state index in [9.17, 15) is 0 Å². The van der Waals surface area contributed by atoms with Gasteiger partial charge < -0.3 is 9.88 Å². The lowest BCUT2D eigenvalue weighted by Gasteiger charge is -2.22. The molecule has 0 radical (unpaired) electrons. The summed E-state index contributed by atoms with van der Waals surface area (Å²) in [5.74, 6) is 0. The number of benzene rings is 7. The summed E-state index contributed by atoms with van der Waals surface area (Å²) in [6, 6.07) is 48.7. The fourth-order valence-electron chi connectivity index (χ4n) is 7.42. The van der Waals surface area contributed by atoms with Crippen LogP contribution in [0.1, 0.15) is 28.8 Å². The first kappa shape index (κ1) is 26.8. The molecule has 0 atom stereocenters. The third-order valence-electron chi connectivity index (χ3n) is 9.79. The molecule has 2 aliphatic rings. The summed E-state index contributed by atoms with van der Waals surface area (Å²) in [6.07, 6.45) is 6.86. The van der Waals surface area contributed by atoms with E-state index >= 15 is 0 Å². The summed E-state index contributed by atoms with van der Waals surface area (Å²) >= 11 is 0. The van der Waals surface area contributed by atoms with Crippen LogP contribution in [0.2, 0.25) is 0 Å². The van der Waals surface area contributed by atoms with E-state index in [1.54, 1.807) is 0 Å². The fraction of sp³-hybridized carbons (Fsp3) is 0.0909. The third kappa shape index (κ3) is 4.33. The van der Waals surface area contributed by atoms with Gasteiger partial charge in [-0.25, -0.2) is 0 Å². The molecule has 46 heavy (non-hydrogen) atoms. The van der Waals surface area contributed by atoms with Gasteiger partial charge in [-0.2, -0.15) is 0 Å². The lowest BCUT2D eigenvalue weighted by Crippen LogP contribution is -2.13. The van der Waals surface area contributed by atoms with Crippen molar-refractivity contribution in [2.24, 2.45) is 0 Å². The molecule has 0 fully saturated rings. The van der Waals surface area contributed by atoms with Crippen LogP contribution < -0.4 is 5.32 Å². The minimum absolute atomic E-state index is 0.979. The van der Waals surface area contributed by atoms with Crippen LogP contribution in [0.3, 0.4) is 0 Å². The van der Waals surface area contributed by atoms with E-state index < -0.39 is 0 Å². The van der Waals surface area contributed by atoms with Crippen molar-refractivity contribution in [2.75, 3.05) is 5.32 Å². The summed E-state index contributed by atoms with van der Waals surface area (Å²) < 4.78 is 2.45. The molecule has 220 valence electrons. The van der Waals surface area contributed by atoms with Crippen molar-refractivity contribution in [2.45, 2.75) is 26.3 Å². The Morgan fingerprint density at radius 2 is 1.20 bits per heavy atom. The van der Waals surface area contributed by atoms with Gasteiger partial charge in [-0.05, 0) is 111 Å². The Morgan fingerprint density at radius 3 is 1.83 bits per heavy atom. The average molecular weight is 591 g/mol. The maximum Gasteiger partial charge on any atom is 0.0558 e. The summed E-state index contributed by atoms with van der Waals surface area (Å²) in [7, 11) is 0. The van der Waals surface area contributed by atoms with Crippen molar-refractivity contribution < 1.29 is 0 Å². The van der Waals surface area contributed by atoms with Crippen molar-refractivity contribution in [1.29, 1.82) is 0 Å². The molecule has 0 bridgehead atoms. The largest absolute Gasteiger partial charge is 0.381 e. The van der Waals surface area contributed by atoms with Crippen molar-refractivity contribution >= 4 is 55.0 Å². The molecule has 2 heteroatoms. The highest BCUT2D eigenvalue weighted by atomic mass is 15.0. The first-order valence-electron chi connectivity index (χ1n) is 16.3. The molecule has 7 aromatic carbocycles. The molecule has 1 aliphatic carbocycles. The van der Waals surface area contributed by atoms with Gasteiger partial charge >= 0.3 is 0 Å². The van der Waals surface area contributed by atoms with E-state index in [0.717, 1.165) is 19.4 Å². The number of rotatable bonds is 2. The van der Waals surface area contributed by atoms with Crippen LogP contribution in [0.4, 0.5) is 5.69 Å². The second-order valence-corrected chi connectivity index (χ2v) is 12.6. The Balaban J connectivity index is 0.000000372. The Hall–Kier alpha value is -5.60. The number of hydrogen-bond acceptors (Lipinski definition) is 1. The van der Waals surface area contributed by atoms with Gasteiger partial charge in [0.2, 0.25) is 0 Å². The van der Waals surface area contributed by atoms with Crippen LogP contribution >= 0.6 is 0 Å². The minimum atomic E-state index is 0.979. The van der Waals surface area contributed by atoms with Crippen molar-refractivity contribution in [3.63, 3.8) is 0 Å². The summed E-state index contributed by atoms with van der Waals surface area (Å²) in [6.45, 7) is 3.06. The maximum absolute atomic E-state index is 3.48. The van der Waals surface area contributed by atoms with Crippen molar-refractivity contribution in [1.82, 2.24) is 4.57 Å². The molecule has 0 unspecified atom stereocenters. The van der Waals surface area contributed by atoms with E-state index in [4.69, 9.17) is 0 Å². The normalized spacial score (nSPS) is 13.2. The lowest BCUT2D eigenvalue weighted by atomic mass is 9.92. The number of fused-ring (bicyclic) bond motifs is 10. The van der Waals surface area contributed by atoms with E-state index in [1.807, 2.05) is 18.2 Å². The molecule has 8 aromatic rings. The molecule has 2 heterocycles.